The van der Waals surface area contributed by atoms with E-state index >= 15 is 0 Å². The van der Waals surface area contributed by atoms with E-state index in [1.165, 1.54) is 57.1 Å². The molecular formula is C11H22BrN. The van der Waals surface area contributed by atoms with Gasteiger partial charge in [-0.25, -0.2) is 0 Å². The van der Waals surface area contributed by atoms with Crippen molar-refractivity contribution < 1.29 is 0 Å². The van der Waals surface area contributed by atoms with Crippen LogP contribution in [0.5, 0.6) is 0 Å². The number of nitrogens with zero attached hydrogens (tertiary/aromatic N) is 1. The van der Waals surface area contributed by atoms with Crippen LogP contribution in [0.25, 0.3) is 0 Å². The van der Waals surface area contributed by atoms with Crippen LogP contribution < -0.4 is 0 Å². The molecule has 1 aliphatic heterocycles. The summed E-state index contributed by atoms with van der Waals surface area (Å²) < 4.78 is 0. The maximum Gasteiger partial charge on any atom is 0.00317 e. The van der Waals surface area contributed by atoms with Crippen molar-refractivity contribution in [3.8, 4) is 0 Å². The lowest BCUT2D eigenvalue weighted by molar-refractivity contribution is 0.180. The second-order valence-electron chi connectivity index (χ2n) is 4.09. The van der Waals surface area contributed by atoms with Crippen molar-refractivity contribution in [2.75, 3.05) is 25.0 Å². The molecule has 0 saturated carbocycles. The fourth-order valence-corrected chi connectivity index (χ4v) is 2.44. The summed E-state index contributed by atoms with van der Waals surface area (Å²) in [5, 5.41) is 1.17. The Balaban J connectivity index is 2.03. The lowest BCUT2D eigenvalue weighted by atomic mass is 9.94. The van der Waals surface area contributed by atoms with Crippen LogP contribution in [-0.2, 0) is 0 Å². The Morgan fingerprint density at radius 2 is 1.92 bits per heavy atom. The zero-order valence-electron chi connectivity index (χ0n) is 8.77. The number of alkyl halides is 1. The molecule has 0 aromatic carbocycles. The van der Waals surface area contributed by atoms with Crippen LogP contribution in [0.3, 0.4) is 0 Å². The summed E-state index contributed by atoms with van der Waals surface area (Å²) in [5.41, 5.74) is 0. The Kier molecular flexibility index (Phi) is 6.05. The largest absolute Gasteiger partial charge is 0.303 e. The molecular weight excluding hydrogens is 226 g/mol. The van der Waals surface area contributed by atoms with Crippen molar-refractivity contribution in [1.82, 2.24) is 4.90 Å². The van der Waals surface area contributed by atoms with E-state index in [9.17, 15) is 0 Å². The van der Waals surface area contributed by atoms with Gasteiger partial charge in [0, 0.05) is 5.33 Å². The summed E-state index contributed by atoms with van der Waals surface area (Å²) in [6.45, 7) is 6.34. The van der Waals surface area contributed by atoms with Crippen molar-refractivity contribution in [3.05, 3.63) is 0 Å². The van der Waals surface area contributed by atoms with Gasteiger partial charge in [0.05, 0.1) is 0 Å². The fraction of sp³-hybridized carbons (Fsp3) is 1.00. The molecule has 78 valence electrons. The standard InChI is InChI=1S/C11H22BrN/c1-2-11-5-9-13(10-6-11)8-4-3-7-12/h11H,2-10H2,1H3. The Morgan fingerprint density at radius 1 is 1.23 bits per heavy atom. The van der Waals surface area contributed by atoms with Crippen LogP contribution >= 0.6 is 15.9 Å². The molecule has 0 aromatic heterocycles. The minimum absolute atomic E-state index is 1.02. The van der Waals surface area contributed by atoms with Gasteiger partial charge in [0.1, 0.15) is 0 Å². The molecule has 0 bridgehead atoms. The van der Waals surface area contributed by atoms with Gasteiger partial charge in [-0.1, -0.05) is 29.3 Å². The maximum absolute atomic E-state index is 3.48. The summed E-state index contributed by atoms with van der Waals surface area (Å²) in [7, 11) is 0. The van der Waals surface area contributed by atoms with E-state index < -0.39 is 0 Å². The molecule has 0 unspecified atom stereocenters. The van der Waals surface area contributed by atoms with Gasteiger partial charge in [-0.15, -0.1) is 0 Å². The third kappa shape index (κ3) is 4.46. The number of piperidine rings is 1. The fourth-order valence-electron chi connectivity index (χ4n) is 2.05. The Morgan fingerprint density at radius 3 is 2.46 bits per heavy atom. The van der Waals surface area contributed by atoms with Gasteiger partial charge in [-0.05, 0) is 51.2 Å². The molecule has 1 fully saturated rings. The minimum atomic E-state index is 1.02. The van der Waals surface area contributed by atoms with Gasteiger partial charge in [-0.2, -0.15) is 0 Å². The van der Waals surface area contributed by atoms with Crippen molar-refractivity contribution in [3.63, 3.8) is 0 Å². The normalized spacial score (nSPS) is 20.8. The summed E-state index contributed by atoms with van der Waals surface area (Å²) >= 11 is 3.48. The number of hydrogen-bond donors (Lipinski definition) is 0. The lowest BCUT2D eigenvalue weighted by Gasteiger charge is -2.31. The number of halogens is 1. The average Bonchev–Trinajstić information content (AvgIpc) is 2.19. The third-order valence-corrected chi connectivity index (χ3v) is 3.70. The van der Waals surface area contributed by atoms with E-state index in [-0.39, 0.29) is 0 Å². The summed E-state index contributed by atoms with van der Waals surface area (Å²) in [6, 6.07) is 0. The molecule has 0 N–H and O–H groups in total. The molecule has 0 amide bonds. The highest BCUT2D eigenvalue weighted by molar-refractivity contribution is 9.09. The first-order valence-electron chi connectivity index (χ1n) is 5.65. The van der Waals surface area contributed by atoms with Crippen molar-refractivity contribution >= 4 is 15.9 Å². The van der Waals surface area contributed by atoms with Crippen LogP contribution in [0, 0.1) is 5.92 Å². The molecule has 0 aromatic rings. The number of unbranched alkanes of at least 4 members (excludes halogenated alkanes) is 1. The molecule has 0 spiro atoms. The zero-order valence-corrected chi connectivity index (χ0v) is 10.4. The van der Waals surface area contributed by atoms with Crippen LogP contribution in [0.2, 0.25) is 0 Å². The van der Waals surface area contributed by atoms with E-state index in [0.29, 0.717) is 0 Å². The zero-order chi connectivity index (χ0) is 9.52. The first-order chi connectivity index (χ1) is 6.36. The average molecular weight is 248 g/mol. The Labute approximate surface area is 91.0 Å². The van der Waals surface area contributed by atoms with Crippen LogP contribution in [0.1, 0.15) is 39.0 Å². The van der Waals surface area contributed by atoms with Gasteiger partial charge >= 0.3 is 0 Å². The molecule has 1 nitrogen and oxygen atoms in total. The Hall–Kier alpha value is 0.440. The molecule has 1 heterocycles. The summed E-state index contributed by atoms with van der Waals surface area (Å²) in [4.78, 5) is 2.63. The third-order valence-electron chi connectivity index (χ3n) is 3.14. The monoisotopic (exact) mass is 247 g/mol. The van der Waals surface area contributed by atoms with Crippen molar-refractivity contribution in [1.29, 1.82) is 0 Å². The van der Waals surface area contributed by atoms with Crippen LogP contribution in [-0.4, -0.2) is 29.9 Å². The Bertz CT molecular complexity index is 117. The molecule has 0 radical (unpaired) electrons. The first-order valence-corrected chi connectivity index (χ1v) is 6.77. The van der Waals surface area contributed by atoms with Gasteiger partial charge in [0.15, 0.2) is 0 Å². The molecule has 0 aliphatic carbocycles. The summed E-state index contributed by atoms with van der Waals surface area (Å²) in [6.07, 6.45) is 6.95. The van der Waals surface area contributed by atoms with Crippen molar-refractivity contribution in [2.45, 2.75) is 39.0 Å². The highest BCUT2D eigenvalue weighted by Crippen LogP contribution is 2.19. The number of rotatable bonds is 5. The predicted octanol–water partition coefficient (Wildman–Crippen LogP) is 3.28. The molecule has 1 rings (SSSR count). The SMILES string of the molecule is CCC1CCN(CCCCBr)CC1. The number of likely N-dealkylation sites (tertiary alicyclic amines) is 1. The topological polar surface area (TPSA) is 3.24 Å². The highest BCUT2D eigenvalue weighted by Gasteiger charge is 2.16. The second kappa shape index (κ2) is 6.83. The number of hydrogen-bond acceptors (Lipinski definition) is 1. The molecule has 0 atom stereocenters. The molecule has 2 heteroatoms. The van der Waals surface area contributed by atoms with Gasteiger partial charge in [0.2, 0.25) is 0 Å². The highest BCUT2D eigenvalue weighted by atomic mass is 79.9. The van der Waals surface area contributed by atoms with E-state index in [1.54, 1.807) is 0 Å². The molecule has 1 saturated heterocycles. The maximum atomic E-state index is 3.48. The summed E-state index contributed by atoms with van der Waals surface area (Å²) in [5.74, 6) is 1.02. The van der Waals surface area contributed by atoms with E-state index in [2.05, 4.69) is 27.8 Å². The van der Waals surface area contributed by atoms with Gasteiger partial charge < -0.3 is 4.90 Å². The first kappa shape index (κ1) is 11.5. The van der Waals surface area contributed by atoms with Gasteiger partial charge in [-0.3, -0.25) is 0 Å². The van der Waals surface area contributed by atoms with E-state index in [1.807, 2.05) is 0 Å². The van der Waals surface area contributed by atoms with Crippen LogP contribution in [0.15, 0.2) is 0 Å². The molecule has 13 heavy (non-hydrogen) atoms. The molecule has 1 aliphatic rings. The van der Waals surface area contributed by atoms with E-state index in [0.717, 1.165) is 5.92 Å². The van der Waals surface area contributed by atoms with Crippen LogP contribution in [0.4, 0.5) is 0 Å². The smallest absolute Gasteiger partial charge is 0.00317 e. The second-order valence-corrected chi connectivity index (χ2v) is 4.88. The van der Waals surface area contributed by atoms with E-state index in [4.69, 9.17) is 0 Å². The van der Waals surface area contributed by atoms with Gasteiger partial charge in [0.25, 0.3) is 0 Å². The predicted molar refractivity (Wildman–Crippen MR) is 62.5 cm³/mol. The quantitative estimate of drug-likeness (QED) is 0.533. The minimum Gasteiger partial charge on any atom is -0.303 e. The lowest BCUT2D eigenvalue weighted by Crippen LogP contribution is -2.34. The van der Waals surface area contributed by atoms with Crippen molar-refractivity contribution in [2.24, 2.45) is 5.92 Å².